The van der Waals surface area contributed by atoms with Gasteiger partial charge in [0, 0.05) is 31.5 Å². The normalized spacial score (nSPS) is 11.2. The van der Waals surface area contributed by atoms with E-state index < -0.39 is 5.97 Å². The van der Waals surface area contributed by atoms with Crippen LogP contribution in [-0.4, -0.2) is 32.6 Å². The second-order valence-electron chi connectivity index (χ2n) is 4.62. The monoisotopic (exact) mass is 263 g/mol. The summed E-state index contributed by atoms with van der Waals surface area (Å²) in [5, 5.41) is 8.88. The van der Waals surface area contributed by atoms with Gasteiger partial charge in [-0.1, -0.05) is 0 Å². The molecule has 0 aliphatic heterocycles. The third-order valence-electron chi connectivity index (χ3n) is 3.00. The zero-order valence-electron chi connectivity index (χ0n) is 11.3. The van der Waals surface area contributed by atoms with Crippen molar-refractivity contribution in [3.05, 3.63) is 41.4 Å². The van der Waals surface area contributed by atoms with E-state index in [1.54, 1.807) is 19.2 Å². The summed E-state index contributed by atoms with van der Waals surface area (Å²) in [5.74, 6) is 0.546. The average Bonchev–Trinajstić information content (AvgIpc) is 2.87. The molecular formula is C13H17N3O3. The smallest absolute Gasteiger partial charge is 0.371 e. The Bertz CT molecular complexity index is 586. The van der Waals surface area contributed by atoms with E-state index in [4.69, 9.17) is 9.52 Å². The van der Waals surface area contributed by atoms with Gasteiger partial charge in [-0.2, -0.15) is 0 Å². The second kappa shape index (κ2) is 5.27. The standard InChI is InChI=1S/C13H17N3O3/c1-9-10(6-11(19-9)13(17)18)7-15(2)8-12-14-4-5-16(12)3/h4-6H,7-8H2,1-3H3,(H,17,18). The molecule has 0 aromatic carbocycles. The summed E-state index contributed by atoms with van der Waals surface area (Å²) < 4.78 is 7.15. The van der Waals surface area contributed by atoms with E-state index in [1.165, 1.54) is 0 Å². The molecule has 0 spiro atoms. The van der Waals surface area contributed by atoms with Crippen LogP contribution in [0.25, 0.3) is 0 Å². The Morgan fingerprint density at radius 3 is 2.79 bits per heavy atom. The molecule has 0 radical (unpaired) electrons. The van der Waals surface area contributed by atoms with Gasteiger partial charge in [0.2, 0.25) is 5.76 Å². The van der Waals surface area contributed by atoms with E-state index in [9.17, 15) is 4.79 Å². The van der Waals surface area contributed by atoms with E-state index in [0.717, 1.165) is 11.4 Å². The van der Waals surface area contributed by atoms with Crippen LogP contribution in [0, 0.1) is 6.92 Å². The first kappa shape index (κ1) is 13.4. The van der Waals surface area contributed by atoms with Gasteiger partial charge in [0.15, 0.2) is 0 Å². The van der Waals surface area contributed by atoms with Crippen LogP contribution in [0.5, 0.6) is 0 Å². The predicted molar refractivity (Wildman–Crippen MR) is 68.8 cm³/mol. The maximum absolute atomic E-state index is 10.8. The molecule has 2 rings (SSSR count). The Hall–Kier alpha value is -2.08. The van der Waals surface area contributed by atoms with Gasteiger partial charge in [-0.3, -0.25) is 4.90 Å². The highest BCUT2D eigenvalue weighted by molar-refractivity contribution is 5.84. The van der Waals surface area contributed by atoms with Crippen LogP contribution in [0.1, 0.15) is 27.7 Å². The minimum absolute atomic E-state index is 0.0158. The number of hydrogen-bond acceptors (Lipinski definition) is 4. The third kappa shape index (κ3) is 3.03. The molecule has 0 saturated heterocycles. The topological polar surface area (TPSA) is 71.5 Å². The fraction of sp³-hybridized carbons (Fsp3) is 0.385. The van der Waals surface area contributed by atoms with E-state index in [1.807, 2.05) is 24.9 Å². The maximum atomic E-state index is 10.8. The fourth-order valence-corrected chi connectivity index (χ4v) is 1.92. The lowest BCUT2D eigenvalue weighted by Crippen LogP contribution is -2.19. The number of aromatic nitrogens is 2. The largest absolute Gasteiger partial charge is 0.475 e. The van der Waals surface area contributed by atoms with Crippen LogP contribution in [-0.2, 0) is 20.1 Å². The van der Waals surface area contributed by atoms with Crippen molar-refractivity contribution in [3.8, 4) is 0 Å². The Morgan fingerprint density at radius 2 is 2.26 bits per heavy atom. The molecule has 1 N–H and O–H groups in total. The highest BCUT2D eigenvalue weighted by Gasteiger charge is 2.15. The summed E-state index contributed by atoms with van der Waals surface area (Å²) in [6.45, 7) is 3.09. The van der Waals surface area contributed by atoms with Crippen LogP contribution < -0.4 is 0 Å². The molecule has 0 amide bonds. The number of carbonyl (C=O) groups is 1. The molecule has 0 fully saturated rings. The summed E-state index contributed by atoms with van der Waals surface area (Å²) >= 11 is 0. The number of nitrogens with zero attached hydrogens (tertiary/aromatic N) is 3. The van der Waals surface area contributed by atoms with Gasteiger partial charge in [0.1, 0.15) is 11.6 Å². The Labute approximate surface area is 111 Å². The lowest BCUT2D eigenvalue weighted by atomic mass is 10.2. The predicted octanol–water partition coefficient (Wildman–Crippen LogP) is 1.65. The summed E-state index contributed by atoms with van der Waals surface area (Å²) in [6.07, 6.45) is 3.66. The zero-order valence-corrected chi connectivity index (χ0v) is 11.3. The third-order valence-corrected chi connectivity index (χ3v) is 3.00. The quantitative estimate of drug-likeness (QED) is 0.888. The number of furan rings is 1. The highest BCUT2D eigenvalue weighted by atomic mass is 16.4. The van der Waals surface area contributed by atoms with Crippen molar-refractivity contribution in [2.24, 2.45) is 7.05 Å². The van der Waals surface area contributed by atoms with Crippen molar-refractivity contribution < 1.29 is 14.3 Å². The van der Waals surface area contributed by atoms with Gasteiger partial charge in [-0.05, 0) is 20.0 Å². The summed E-state index contributed by atoms with van der Waals surface area (Å²) in [5.41, 5.74) is 0.883. The number of aromatic carboxylic acids is 1. The van der Waals surface area contributed by atoms with Crippen molar-refractivity contribution in [2.45, 2.75) is 20.0 Å². The Balaban J connectivity index is 2.04. The lowest BCUT2D eigenvalue weighted by molar-refractivity contribution is 0.0661. The van der Waals surface area contributed by atoms with Gasteiger partial charge in [-0.25, -0.2) is 9.78 Å². The molecule has 2 aromatic heterocycles. The van der Waals surface area contributed by atoms with Crippen LogP contribution in [0.3, 0.4) is 0 Å². The van der Waals surface area contributed by atoms with Gasteiger partial charge in [0.05, 0.1) is 6.54 Å². The molecule has 0 atom stereocenters. The van der Waals surface area contributed by atoms with E-state index in [2.05, 4.69) is 9.88 Å². The molecule has 2 heterocycles. The first-order chi connectivity index (χ1) is 8.97. The van der Waals surface area contributed by atoms with E-state index in [-0.39, 0.29) is 5.76 Å². The number of carboxylic acid groups (broad SMARTS) is 1. The zero-order chi connectivity index (χ0) is 14.0. The molecule has 0 aliphatic carbocycles. The summed E-state index contributed by atoms with van der Waals surface area (Å²) in [6, 6.07) is 1.58. The molecule has 102 valence electrons. The van der Waals surface area contributed by atoms with Crippen LogP contribution in [0.15, 0.2) is 22.9 Å². The first-order valence-corrected chi connectivity index (χ1v) is 5.94. The van der Waals surface area contributed by atoms with Crippen molar-refractivity contribution >= 4 is 5.97 Å². The number of carboxylic acids is 1. The van der Waals surface area contributed by atoms with E-state index >= 15 is 0 Å². The van der Waals surface area contributed by atoms with Crippen molar-refractivity contribution in [2.75, 3.05) is 7.05 Å². The van der Waals surface area contributed by atoms with Crippen molar-refractivity contribution in [3.63, 3.8) is 0 Å². The summed E-state index contributed by atoms with van der Waals surface area (Å²) in [7, 11) is 3.91. The molecule has 0 bridgehead atoms. The van der Waals surface area contributed by atoms with Crippen LogP contribution >= 0.6 is 0 Å². The number of rotatable bonds is 5. The Morgan fingerprint density at radius 1 is 1.53 bits per heavy atom. The second-order valence-corrected chi connectivity index (χ2v) is 4.62. The highest BCUT2D eigenvalue weighted by Crippen LogP contribution is 2.17. The molecule has 0 saturated carbocycles. The summed E-state index contributed by atoms with van der Waals surface area (Å²) in [4.78, 5) is 17.2. The molecule has 6 heteroatoms. The minimum atomic E-state index is -1.04. The van der Waals surface area contributed by atoms with Crippen LogP contribution in [0.4, 0.5) is 0 Å². The Kier molecular flexibility index (Phi) is 3.71. The lowest BCUT2D eigenvalue weighted by Gasteiger charge is -2.15. The SMILES string of the molecule is Cc1oc(C(=O)O)cc1CN(C)Cc1nccn1C. The number of hydrogen-bond donors (Lipinski definition) is 1. The molecular weight excluding hydrogens is 246 g/mol. The average molecular weight is 263 g/mol. The number of imidazole rings is 1. The fourth-order valence-electron chi connectivity index (χ4n) is 1.92. The minimum Gasteiger partial charge on any atom is -0.475 e. The molecule has 19 heavy (non-hydrogen) atoms. The van der Waals surface area contributed by atoms with Crippen molar-refractivity contribution in [1.29, 1.82) is 0 Å². The van der Waals surface area contributed by atoms with Crippen molar-refractivity contribution in [1.82, 2.24) is 14.5 Å². The molecule has 0 aliphatic rings. The van der Waals surface area contributed by atoms with Crippen LogP contribution in [0.2, 0.25) is 0 Å². The molecule has 2 aromatic rings. The number of aryl methyl sites for hydroxylation is 2. The van der Waals surface area contributed by atoms with Gasteiger partial charge >= 0.3 is 5.97 Å². The first-order valence-electron chi connectivity index (χ1n) is 5.94. The molecule has 0 unspecified atom stereocenters. The maximum Gasteiger partial charge on any atom is 0.371 e. The van der Waals surface area contributed by atoms with Gasteiger partial charge < -0.3 is 14.1 Å². The van der Waals surface area contributed by atoms with E-state index in [0.29, 0.717) is 18.8 Å². The molecule has 6 nitrogen and oxygen atoms in total. The van der Waals surface area contributed by atoms with Gasteiger partial charge in [0.25, 0.3) is 0 Å². The van der Waals surface area contributed by atoms with Gasteiger partial charge in [-0.15, -0.1) is 0 Å².